The molecule has 0 bridgehead atoms. The van der Waals surface area contributed by atoms with Crippen LogP contribution in [0.25, 0.3) is 11.1 Å². The Hall–Kier alpha value is -1.80. The molecular weight excluding hydrogens is 248 g/mol. The van der Waals surface area contributed by atoms with Gasteiger partial charge >= 0.3 is 0 Å². The van der Waals surface area contributed by atoms with E-state index in [1.54, 1.807) is 19.2 Å². The van der Waals surface area contributed by atoms with Crippen LogP contribution in [0.15, 0.2) is 36.4 Å². The van der Waals surface area contributed by atoms with Crippen molar-refractivity contribution in [2.24, 2.45) is 0 Å². The molecule has 0 saturated carbocycles. The van der Waals surface area contributed by atoms with Crippen molar-refractivity contribution in [3.8, 4) is 16.9 Å². The van der Waals surface area contributed by atoms with Gasteiger partial charge in [0.25, 0.3) is 0 Å². The second kappa shape index (κ2) is 5.23. The van der Waals surface area contributed by atoms with Gasteiger partial charge < -0.3 is 4.74 Å². The molecule has 0 aliphatic rings. The molecule has 2 nitrogen and oxygen atoms in total. The van der Waals surface area contributed by atoms with E-state index in [1.807, 2.05) is 31.2 Å². The van der Waals surface area contributed by atoms with Crippen molar-refractivity contribution in [1.29, 1.82) is 0 Å². The van der Waals surface area contributed by atoms with Crippen LogP contribution in [0.2, 0.25) is 5.02 Å². The number of methoxy groups -OCH3 is 1. The van der Waals surface area contributed by atoms with Crippen LogP contribution < -0.4 is 4.74 Å². The van der Waals surface area contributed by atoms with E-state index in [0.717, 1.165) is 28.7 Å². The fraction of sp³-hybridized carbons (Fsp3) is 0.133. The molecule has 2 rings (SSSR count). The Morgan fingerprint density at radius 3 is 2.56 bits per heavy atom. The molecule has 0 radical (unpaired) electrons. The number of carbonyl (C=O) groups excluding carboxylic acids is 1. The second-order valence-electron chi connectivity index (χ2n) is 4.04. The minimum Gasteiger partial charge on any atom is -0.496 e. The highest BCUT2D eigenvalue weighted by atomic mass is 35.5. The molecule has 92 valence electrons. The van der Waals surface area contributed by atoms with Gasteiger partial charge in [-0.2, -0.15) is 0 Å². The molecule has 0 heterocycles. The summed E-state index contributed by atoms with van der Waals surface area (Å²) in [6, 6.07) is 11.0. The van der Waals surface area contributed by atoms with Gasteiger partial charge in [0.15, 0.2) is 0 Å². The van der Waals surface area contributed by atoms with E-state index in [0.29, 0.717) is 10.6 Å². The number of hydrogen-bond acceptors (Lipinski definition) is 2. The first-order chi connectivity index (χ1) is 8.65. The van der Waals surface area contributed by atoms with Crippen LogP contribution in [0.4, 0.5) is 0 Å². The predicted octanol–water partition coefficient (Wildman–Crippen LogP) is 4.14. The van der Waals surface area contributed by atoms with Crippen LogP contribution in [0.5, 0.6) is 5.75 Å². The Bertz CT molecular complexity index is 591. The van der Waals surface area contributed by atoms with Gasteiger partial charge in [0.05, 0.1) is 7.11 Å². The summed E-state index contributed by atoms with van der Waals surface area (Å²) < 4.78 is 5.34. The van der Waals surface area contributed by atoms with Crippen LogP contribution in [0.3, 0.4) is 0 Å². The van der Waals surface area contributed by atoms with Gasteiger partial charge in [-0.25, -0.2) is 0 Å². The largest absolute Gasteiger partial charge is 0.496 e. The van der Waals surface area contributed by atoms with E-state index < -0.39 is 0 Å². The van der Waals surface area contributed by atoms with Crippen LogP contribution >= 0.6 is 11.6 Å². The number of ether oxygens (including phenoxy) is 1. The first kappa shape index (κ1) is 12.7. The van der Waals surface area contributed by atoms with Gasteiger partial charge in [0, 0.05) is 16.1 Å². The third-order valence-corrected chi connectivity index (χ3v) is 3.08. The molecular formula is C15H13ClO2. The van der Waals surface area contributed by atoms with Crippen LogP contribution in [-0.4, -0.2) is 13.4 Å². The van der Waals surface area contributed by atoms with E-state index in [-0.39, 0.29) is 0 Å². The number of rotatable bonds is 3. The van der Waals surface area contributed by atoms with Gasteiger partial charge in [0.2, 0.25) is 0 Å². The molecule has 0 fully saturated rings. The normalized spacial score (nSPS) is 10.2. The van der Waals surface area contributed by atoms with Crippen molar-refractivity contribution in [1.82, 2.24) is 0 Å². The lowest BCUT2D eigenvalue weighted by Gasteiger charge is -2.12. The highest BCUT2D eigenvalue weighted by Crippen LogP contribution is 2.34. The van der Waals surface area contributed by atoms with E-state index in [9.17, 15) is 4.79 Å². The number of halogens is 1. The smallest absolute Gasteiger partial charge is 0.150 e. The Balaban J connectivity index is 2.67. The van der Waals surface area contributed by atoms with Gasteiger partial charge in [-0.15, -0.1) is 0 Å². The molecule has 0 unspecified atom stereocenters. The lowest BCUT2D eigenvalue weighted by atomic mass is 9.98. The predicted molar refractivity (Wildman–Crippen MR) is 73.6 cm³/mol. The minimum absolute atomic E-state index is 0.616. The van der Waals surface area contributed by atoms with Gasteiger partial charge in [-0.3, -0.25) is 4.79 Å². The summed E-state index contributed by atoms with van der Waals surface area (Å²) >= 11 is 6.03. The van der Waals surface area contributed by atoms with Crippen molar-refractivity contribution in [3.63, 3.8) is 0 Å². The molecule has 0 spiro atoms. The molecule has 0 aliphatic heterocycles. The Kier molecular flexibility index (Phi) is 3.68. The summed E-state index contributed by atoms with van der Waals surface area (Å²) in [5.41, 5.74) is 3.55. The number of aldehydes is 1. The van der Waals surface area contributed by atoms with Crippen molar-refractivity contribution in [3.05, 3.63) is 52.5 Å². The first-order valence-corrected chi connectivity index (χ1v) is 5.93. The first-order valence-electron chi connectivity index (χ1n) is 5.55. The maximum atomic E-state index is 10.9. The van der Waals surface area contributed by atoms with Crippen molar-refractivity contribution < 1.29 is 9.53 Å². The van der Waals surface area contributed by atoms with Crippen molar-refractivity contribution in [2.45, 2.75) is 6.92 Å². The molecule has 18 heavy (non-hydrogen) atoms. The maximum absolute atomic E-state index is 10.9. The SMILES string of the molecule is COc1ccc(C=O)cc1-c1cc(Cl)ccc1C. The van der Waals surface area contributed by atoms with E-state index in [4.69, 9.17) is 16.3 Å². The standard InChI is InChI=1S/C15H13ClO2/c1-10-3-5-12(16)8-13(10)14-7-11(9-17)4-6-15(14)18-2/h3-9H,1-2H3. The number of hydrogen-bond donors (Lipinski definition) is 0. The Morgan fingerprint density at radius 1 is 1.11 bits per heavy atom. The molecule has 0 amide bonds. The van der Waals surface area contributed by atoms with Gasteiger partial charge in [0.1, 0.15) is 12.0 Å². The maximum Gasteiger partial charge on any atom is 0.150 e. The zero-order chi connectivity index (χ0) is 13.1. The Labute approximate surface area is 111 Å². The van der Waals surface area contributed by atoms with Gasteiger partial charge in [-0.05, 0) is 48.4 Å². The highest BCUT2D eigenvalue weighted by Gasteiger charge is 2.10. The molecule has 0 aliphatic carbocycles. The molecule has 2 aromatic carbocycles. The van der Waals surface area contributed by atoms with E-state index >= 15 is 0 Å². The molecule has 3 heteroatoms. The third kappa shape index (κ3) is 2.39. The monoisotopic (exact) mass is 260 g/mol. The lowest BCUT2D eigenvalue weighted by molar-refractivity contribution is 0.112. The fourth-order valence-corrected chi connectivity index (χ4v) is 2.07. The molecule has 2 aromatic rings. The molecule has 0 saturated heterocycles. The quantitative estimate of drug-likeness (QED) is 0.776. The number of aryl methyl sites for hydroxylation is 1. The average molecular weight is 261 g/mol. The summed E-state index contributed by atoms with van der Waals surface area (Å²) in [4.78, 5) is 10.9. The summed E-state index contributed by atoms with van der Waals surface area (Å²) in [5, 5.41) is 0.661. The summed E-state index contributed by atoms with van der Waals surface area (Å²) in [5.74, 6) is 0.728. The fourth-order valence-electron chi connectivity index (χ4n) is 1.89. The van der Waals surface area contributed by atoms with E-state index in [2.05, 4.69) is 0 Å². The molecule has 0 aromatic heterocycles. The summed E-state index contributed by atoms with van der Waals surface area (Å²) in [6.45, 7) is 2.00. The third-order valence-electron chi connectivity index (χ3n) is 2.85. The topological polar surface area (TPSA) is 26.3 Å². The summed E-state index contributed by atoms with van der Waals surface area (Å²) in [7, 11) is 1.61. The number of benzene rings is 2. The Morgan fingerprint density at radius 2 is 1.89 bits per heavy atom. The average Bonchev–Trinajstić information content (AvgIpc) is 2.40. The number of carbonyl (C=O) groups is 1. The molecule has 0 N–H and O–H groups in total. The summed E-state index contributed by atoms with van der Waals surface area (Å²) in [6.07, 6.45) is 0.822. The van der Waals surface area contributed by atoms with Crippen LogP contribution in [-0.2, 0) is 0 Å². The van der Waals surface area contributed by atoms with Crippen molar-refractivity contribution in [2.75, 3.05) is 7.11 Å². The zero-order valence-electron chi connectivity index (χ0n) is 10.2. The van der Waals surface area contributed by atoms with Crippen LogP contribution in [0, 0.1) is 6.92 Å². The lowest BCUT2D eigenvalue weighted by Crippen LogP contribution is -1.92. The zero-order valence-corrected chi connectivity index (χ0v) is 11.0. The van der Waals surface area contributed by atoms with Crippen molar-refractivity contribution >= 4 is 17.9 Å². The minimum atomic E-state index is 0.616. The van der Waals surface area contributed by atoms with E-state index in [1.165, 1.54) is 0 Å². The second-order valence-corrected chi connectivity index (χ2v) is 4.47. The van der Waals surface area contributed by atoms with Crippen LogP contribution in [0.1, 0.15) is 15.9 Å². The highest BCUT2D eigenvalue weighted by molar-refractivity contribution is 6.30. The van der Waals surface area contributed by atoms with Gasteiger partial charge in [-0.1, -0.05) is 17.7 Å². The molecule has 0 atom stereocenters.